The molecule has 0 spiro atoms. The van der Waals surface area contributed by atoms with Crippen LogP contribution < -0.4 is 0 Å². The lowest BCUT2D eigenvalue weighted by atomic mass is 9.78. The van der Waals surface area contributed by atoms with Crippen LogP contribution in [-0.4, -0.2) is 77.5 Å². The molecule has 2 unspecified atom stereocenters. The summed E-state index contributed by atoms with van der Waals surface area (Å²) in [7, 11) is 1.32. The number of hydrogen-bond donors (Lipinski definition) is 1. The van der Waals surface area contributed by atoms with Crippen molar-refractivity contribution in [2.45, 2.75) is 57.1 Å². The van der Waals surface area contributed by atoms with Gasteiger partial charge in [0.25, 0.3) is 0 Å². The maximum atomic E-state index is 13.9. The van der Waals surface area contributed by atoms with Gasteiger partial charge in [-0.25, -0.2) is 4.39 Å². The Morgan fingerprint density at radius 2 is 1.52 bits per heavy atom. The molecule has 0 bridgehead atoms. The first-order valence-corrected chi connectivity index (χ1v) is 14.0. The summed E-state index contributed by atoms with van der Waals surface area (Å²) < 4.78 is 94.2. The number of carbonyl (C=O) groups excluding carboxylic acids is 2. The molecular weight excluding hydrogens is 619 g/mol. The fraction of sp³-hybridized carbons (Fsp3) is 0.533. The highest BCUT2D eigenvalue weighted by Crippen LogP contribution is 2.38. The summed E-state index contributed by atoms with van der Waals surface area (Å²) in [6.45, 7) is 2.77. The maximum absolute atomic E-state index is 13.9. The van der Waals surface area contributed by atoms with E-state index >= 15 is 0 Å². The zero-order valence-electron chi connectivity index (χ0n) is 24.2. The van der Waals surface area contributed by atoms with Crippen molar-refractivity contribution in [3.8, 4) is 0 Å². The van der Waals surface area contributed by atoms with Gasteiger partial charge in [0.15, 0.2) is 0 Å². The molecule has 0 saturated carbocycles. The van der Waals surface area contributed by atoms with Crippen molar-refractivity contribution in [1.82, 2.24) is 14.7 Å². The van der Waals surface area contributed by atoms with Crippen LogP contribution in [-0.2, 0) is 28.5 Å². The first kappa shape index (κ1) is 35.6. The first-order valence-electron chi connectivity index (χ1n) is 14.0. The Balaban J connectivity index is 0.00000529. The molecule has 2 aliphatic heterocycles. The van der Waals surface area contributed by atoms with Crippen molar-refractivity contribution in [3.63, 3.8) is 0 Å². The van der Waals surface area contributed by atoms with Crippen LogP contribution in [0.3, 0.4) is 0 Å². The molecule has 2 fully saturated rings. The molecule has 244 valence electrons. The lowest BCUT2D eigenvalue weighted by Gasteiger charge is -2.40. The molecule has 2 aromatic rings. The van der Waals surface area contributed by atoms with Crippen LogP contribution in [0.4, 0.5) is 30.7 Å². The molecular formula is C30H35ClF7N3O3. The van der Waals surface area contributed by atoms with E-state index in [1.807, 2.05) is 4.90 Å². The van der Waals surface area contributed by atoms with Crippen LogP contribution in [0.15, 0.2) is 36.4 Å². The van der Waals surface area contributed by atoms with E-state index in [2.05, 4.69) is 0 Å². The summed E-state index contributed by atoms with van der Waals surface area (Å²) in [5.74, 6) is -2.28. The topological polar surface area (TPSA) is 64.1 Å². The summed E-state index contributed by atoms with van der Waals surface area (Å²) in [5.41, 5.74) is -1.98. The molecule has 2 aliphatic rings. The van der Waals surface area contributed by atoms with Crippen molar-refractivity contribution in [1.29, 1.82) is 0 Å². The zero-order chi connectivity index (χ0) is 31.7. The van der Waals surface area contributed by atoms with Crippen LogP contribution >= 0.6 is 12.4 Å². The summed E-state index contributed by atoms with van der Waals surface area (Å²) in [4.78, 5) is 31.4. The van der Waals surface area contributed by atoms with E-state index in [0.717, 1.165) is 4.90 Å². The van der Waals surface area contributed by atoms with Gasteiger partial charge in [0.1, 0.15) is 5.82 Å². The number of amides is 2. The first-order chi connectivity index (χ1) is 20.0. The highest BCUT2D eigenvalue weighted by Gasteiger charge is 2.40. The van der Waals surface area contributed by atoms with E-state index in [1.54, 1.807) is 17.9 Å². The van der Waals surface area contributed by atoms with Crippen LogP contribution in [0.2, 0.25) is 0 Å². The number of rotatable bonds is 6. The van der Waals surface area contributed by atoms with Crippen molar-refractivity contribution in [2.75, 3.05) is 39.8 Å². The van der Waals surface area contributed by atoms with Crippen molar-refractivity contribution >= 4 is 24.2 Å². The lowest BCUT2D eigenvalue weighted by Crippen LogP contribution is -2.50. The summed E-state index contributed by atoms with van der Waals surface area (Å²) in [5, 5.41) is 9.74. The van der Waals surface area contributed by atoms with Crippen LogP contribution in [0.5, 0.6) is 0 Å². The Morgan fingerprint density at radius 1 is 0.932 bits per heavy atom. The van der Waals surface area contributed by atoms with Gasteiger partial charge in [0.05, 0.1) is 23.8 Å². The Kier molecular flexibility index (Phi) is 11.3. The minimum absolute atomic E-state index is 0. The third-order valence-electron chi connectivity index (χ3n) is 8.26. The van der Waals surface area contributed by atoms with Gasteiger partial charge in [-0.2, -0.15) is 26.3 Å². The van der Waals surface area contributed by atoms with Gasteiger partial charge >= 0.3 is 12.4 Å². The number of aliphatic hydroxyl groups is 1. The second-order valence-electron chi connectivity index (χ2n) is 11.5. The third-order valence-corrected chi connectivity index (χ3v) is 8.26. The van der Waals surface area contributed by atoms with E-state index in [9.17, 15) is 45.4 Å². The third kappa shape index (κ3) is 8.63. The number of likely N-dealkylation sites (tertiary alicyclic amines) is 2. The number of carbonyl (C=O) groups is 2. The standard InChI is InChI=1S/C30H34F7N3O3.ClH/c1-18-11-22(31)3-4-24(18)26-16-39(17-27(42)40-9-5-23(41)6-10-40)8-7-25(26)28(43)38(2)15-19-12-20(29(32,33)34)14-21(13-19)30(35,36)37;/h3-4,11-14,23,25-26,41H,5-10,15-17H2,1-2H3;1H. The number of aliphatic hydroxyl groups excluding tert-OH is 1. The molecule has 4 rings (SSSR count). The predicted molar refractivity (Wildman–Crippen MR) is 150 cm³/mol. The molecule has 1 N–H and O–H groups in total. The fourth-order valence-corrected chi connectivity index (χ4v) is 5.98. The number of alkyl halides is 6. The minimum Gasteiger partial charge on any atom is -0.393 e. The molecule has 6 nitrogen and oxygen atoms in total. The molecule has 2 atom stereocenters. The average molecular weight is 654 g/mol. The van der Waals surface area contributed by atoms with E-state index in [-0.39, 0.29) is 49.5 Å². The largest absolute Gasteiger partial charge is 0.416 e. The Morgan fingerprint density at radius 3 is 2.07 bits per heavy atom. The van der Waals surface area contributed by atoms with Gasteiger partial charge in [0, 0.05) is 45.1 Å². The van der Waals surface area contributed by atoms with Crippen molar-refractivity contribution in [2.24, 2.45) is 5.92 Å². The van der Waals surface area contributed by atoms with E-state index in [0.29, 0.717) is 55.7 Å². The van der Waals surface area contributed by atoms with E-state index in [1.165, 1.54) is 19.2 Å². The fourth-order valence-electron chi connectivity index (χ4n) is 5.98. The number of halogens is 8. The van der Waals surface area contributed by atoms with Crippen molar-refractivity contribution in [3.05, 3.63) is 70.0 Å². The van der Waals surface area contributed by atoms with E-state index in [4.69, 9.17) is 0 Å². The Hall–Kier alpha value is -2.90. The molecule has 44 heavy (non-hydrogen) atoms. The lowest BCUT2D eigenvalue weighted by molar-refractivity contribution is -0.143. The van der Waals surface area contributed by atoms with Gasteiger partial charge in [-0.05, 0) is 79.8 Å². The van der Waals surface area contributed by atoms with Crippen molar-refractivity contribution < 1.29 is 45.4 Å². The normalized spacial score (nSPS) is 20.3. The smallest absolute Gasteiger partial charge is 0.393 e. The number of piperidine rings is 2. The van der Waals surface area contributed by atoms with E-state index < -0.39 is 59.7 Å². The second-order valence-corrected chi connectivity index (χ2v) is 11.5. The molecule has 0 aliphatic carbocycles. The number of hydrogen-bond acceptors (Lipinski definition) is 4. The highest BCUT2D eigenvalue weighted by molar-refractivity contribution is 5.85. The van der Waals surface area contributed by atoms with Crippen LogP contribution in [0.1, 0.15) is 53.0 Å². The summed E-state index contributed by atoms with van der Waals surface area (Å²) in [6.07, 6.45) is -9.22. The van der Waals surface area contributed by atoms with Crippen LogP contribution in [0.25, 0.3) is 0 Å². The Labute approximate surface area is 257 Å². The molecule has 2 amide bonds. The van der Waals surface area contributed by atoms with Gasteiger partial charge in [-0.1, -0.05) is 6.07 Å². The maximum Gasteiger partial charge on any atom is 0.416 e. The number of nitrogens with zero attached hydrogens (tertiary/aromatic N) is 3. The number of benzene rings is 2. The van der Waals surface area contributed by atoms with Gasteiger partial charge in [-0.3, -0.25) is 14.5 Å². The van der Waals surface area contributed by atoms with Gasteiger partial charge in [-0.15, -0.1) is 12.4 Å². The summed E-state index contributed by atoms with van der Waals surface area (Å²) in [6, 6.07) is 5.41. The highest BCUT2D eigenvalue weighted by atomic mass is 35.5. The number of aryl methyl sites for hydroxylation is 1. The van der Waals surface area contributed by atoms with Gasteiger partial charge in [0.2, 0.25) is 11.8 Å². The van der Waals surface area contributed by atoms with Gasteiger partial charge < -0.3 is 14.9 Å². The predicted octanol–water partition coefficient (Wildman–Crippen LogP) is 5.64. The molecule has 2 aromatic carbocycles. The SMILES string of the molecule is Cc1cc(F)ccc1C1CN(CC(=O)N2CCC(O)CC2)CCC1C(=O)N(C)Cc1cc(C(F)(F)F)cc(C(F)(F)F)c1.Cl. The molecule has 0 radical (unpaired) electrons. The molecule has 14 heteroatoms. The zero-order valence-corrected chi connectivity index (χ0v) is 25.0. The molecule has 2 saturated heterocycles. The second kappa shape index (κ2) is 14.0. The monoisotopic (exact) mass is 653 g/mol. The Bertz CT molecular complexity index is 1300. The quantitative estimate of drug-likeness (QED) is 0.410. The summed E-state index contributed by atoms with van der Waals surface area (Å²) >= 11 is 0. The average Bonchev–Trinajstić information content (AvgIpc) is 2.92. The molecule has 0 aromatic heterocycles. The minimum atomic E-state index is -5.01. The molecule has 2 heterocycles. The van der Waals surface area contributed by atoms with Crippen LogP contribution in [0, 0.1) is 18.7 Å².